The molecule has 2 saturated heterocycles. The van der Waals surface area contributed by atoms with Crippen LogP contribution in [0.5, 0.6) is 0 Å². The van der Waals surface area contributed by atoms with Crippen LogP contribution in [0, 0.1) is 5.92 Å². The van der Waals surface area contributed by atoms with Gasteiger partial charge in [-0.15, -0.1) is 0 Å². The molecule has 3 rings (SSSR count). The minimum atomic E-state index is 0.0182. The first-order valence-corrected chi connectivity index (χ1v) is 10.1. The number of morpholine rings is 1. The summed E-state index contributed by atoms with van der Waals surface area (Å²) in [6.07, 6.45) is 6.37. The zero-order chi connectivity index (χ0) is 19.9. The Labute approximate surface area is 167 Å². The Bertz CT molecular complexity index is 685. The third-order valence-electron chi connectivity index (χ3n) is 5.48. The molecular weight excluding hydrogens is 354 g/mol. The molecule has 28 heavy (non-hydrogen) atoms. The van der Waals surface area contributed by atoms with Crippen LogP contribution in [0.3, 0.4) is 0 Å². The Hall–Kier alpha value is -2.18. The Morgan fingerprint density at radius 1 is 1.07 bits per heavy atom. The molecule has 1 aromatic carbocycles. The number of rotatable bonds is 5. The fourth-order valence-electron chi connectivity index (χ4n) is 3.63. The summed E-state index contributed by atoms with van der Waals surface area (Å²) in [6, 6.07) is 7.70. The number of amides is 2. The molecule has 0 N–H and O–H groups in total. The van der Waals surface area contributed by atoms with Gasteiger partial charge < -0.3 is 14.5 Å². The highest BCUT2D eigenvalue weighted by atomic mass is 16.5. The lowest BCUT2D eigenvalue weighted by Gasteiger charge is -2.33. The SMILES string of the molecule is CN(C)C(=O)c1ccc(C=CC2CCN(C(=O)CN3CCOCC3)CC2)cc1. The number of benzene rings is 1. The number of hydrogen-bond donors (Lipinski definition) is 0. The molecule has 152 valence electrons. The van der Waals surface area contributed by atoms with E-state index in [-0.39, 0.29) is 11.8 Å². The number of ether oxygens (including phenoxy) is 1. The van der Waals surface area contributed by atoms with Crippen molar-refractivity contribution in [1.29, 1.82) is 0 Å². The predicted octanol–water partition coefficient (Wildman–Crippen LogP) is 1.97. The molecule has 2 heterocycles. The van der Waals surface area contributed by atoms with Gasteiger partial charge in [0.1, 0.15) is 0 Å². The minimum absolute atomic E-state index is 0.0182. The van der Waals surface area contributed by atoms with Crippen molar-refractivity contribution < 1.29 is 14.3 Å². The fraction of sp³-hybridized carbons (Fsp3) is 0.545. The van der Waals surface area contributed by atoms with Crippen molar-refractivity contribution in [2.24, 2.45) is 5.92 Å². The lowest BCUT2D eigenvalue weighted by atomic mass is 9.95. The van der Waals surface area contributed by atoms with Crippen molar-refractivity contribution in [2.45, 2.75) is 12.8 Å². The molecule has 2 fully saturated rings. The first-order valence-electron chi connectivity index (χ1n) is 10.1. The smallest absolute Gasteiger partial charge is 0.253 e. The number of hydrogen-bond acceptors (Lipinski definition) is 4. The van der Waals surface area contributed by atoms with Crippen LogP contribution in [-0.2, 0) is 9.53 Å². The molecule has 0 saturated carbocycles. The van der Waals surface area contributed by atoms with E-state index < -0.39 is 0 Å². The predicted molar refractivity (Wildman–Crippen MR) is 110 cm³/mol. The summed E-state index contributed by atoms with van der Waals surface area (Å²) in [5.74, 6) is 0.755. The van der Waals surface area contributed by atoms with Gasteiger partial charge in [0.25, 0.3) is 5.91 Å². The van der Waals surface area contributed by atoms with E-state index in [1.165, 1.54) is 0 Å². The van der Waals surface area contributed by atoms with E-state index in [4.69, 9.17) is 4.74 Å². The highest BCUT2D eigenvalue weighted by Crippen LogP contribution is 2.20. The molecule has 1 aromatic rings. The number of carbonyl (C=O) groups is 2. The second-order valence-corrected chi connectivity index (χ2v) is 7.79. The van der Waals surface area contributed by atoms with Gasteiger partial charge in [-0.05, 0) is 36.5 Å². The van der Waals surface area contributed by atoms with E-state index in [0.717, 1.165) is 57.8 Å². The number of likely N-dealkylation sites (tertiary alicyclic amines) is 1. The van der Waals surface area contributed by atoms with Crippen LogP contribution >= 0.6 is 0 Å². The molecule has 0 bridgehead atoms. The van der Waals surface area contributed by atoms with Crippen molar-refractivity contribution in [3.8, 4) is 0 Å². The van der Waals surface area contributed by atoms with Crippen molar-refractivity contribution in [3.05, 3.63) is 41.5 Å². The van der Waals surface area contributed by atoms with Crippen molar-refractivity contribution in [1.82, 2.24) is 14.7 Å². The van der Waals surface area contributed by atoms with Crippen LogP contribution in [0.1, 0.15) is 28.8 Å². The number of allylic oxidation sites excluding steroid dienone is 1. The van der Waals surface area contributed by atoms with Crippen molar-refractivity contribution in [3.63, 3.8) is 0 Å². The summed E-state index contributed by atoms with van der Waals surface area (Å²) in [5, 5.41) is 0. The summed E-state index contributed by atoms with van der Waals surface area (Å²) in [5.41, 5.74) is 1.80. The van der Waals surface area contributed by atoms with Crippen LogP contribution in [-0.4, -0.2) is 86.5 Å². The molecule has 0 spiro atoms. The fourth-order valence-corrected chi connectivity index (χ4v) is 3.63. The van der Waals surface area contributed by atoms with Crippen molar-refractivity contribution in [2.75, 3.05) is 60.0 Å². The number of piperidine rings is 1. The molecule has 6 heteroatoms. The van der Waals surface area contributed by atoms with Gasteiger partial charge in [-0.25, -0.2) is 0 Å². The summed E-state index contributed by atoms with van der Waals surface area (Å²) < 4.78 is 5.34. The highest BCUT2D eigenvalue weighted by molar-refractivity contribution is 5.94. The van der Waals surface area contributed by atoms with Gasteiger partial charge in [0.2, 0.25) is 5.91 Å². The summed E-state index contributed by atoms with van der Waals surface area (Å²) >= 11 is 0. The first-order chi connectivity index (χ1) is 13.5. The van der Waals surface area contributed by atoms with E-state index in [0.29, 0.717) is 18.0 Å². The third kappa shape index (κ3) is 5.66. The number of nitrogens with zero attached hydrogens (tertiary/aromatic N) is 3. The number of carbonyl (C=O) groups excluding carboxylic acids is 2. The zero-order valence-corrected chi connectivity index (χ0v) is 17.0. The zero-order valence-electron chi connectivity index (χ0n) is 17.0. The average Bonchev–Trinajstić information content (AvgIpc) is 2.73. The van der Waals surface area contributed by atoms with Gasteiger partial charge in [0.05, 0.1) is 19.8 Å². The van der Waals surface area contributed by atoms with Crippen LogP contribution in [0.15, 0.2) is 30.3 Å². The molecule has 2 amide bonds. The Balaban J connectivity index is 1.44. The van der Waals surface area contributed by atoms with Gasteiger partial charge in [0.15, 0.2) is 0 Å². The Morgan fingerprint density at radius 2 is 1.71 bits per heavy atom. The monoisotopic (exact) mass is 385 g/mol. The van der Waals surface area contributed by atoms with Crippen molar-refractivity contribution >= 4 is 17.9 Å². The molecule has 0 aromatic heterocycles. The van der Waals surface area contributed by atoms with E-state index >= 15 is 0 Å². The molecule has 0 radical (unpaired) electrons. The normalized spacial score (nSPS) is 19.1. The van der Waals surface area contributed by atoms with Gasteiger partial charge >= 0.3 is 0 Å². The maximum atomic E-state index is 12.5. The average molecular weight is 386 g/mol. The quantitative estimate of drug-likeness (QED) is 0.778. The molecule has 6 nitrogen and oxygen atoms in total. The topological polar surface area (TPSA) is 53.1 Å². The standard InChI is InChI=1S/C22H31N3O3/c1-23(2)22(27)20-7-5-18(6-8-20)3-4-19-9-11-25(12-10-19)21(26)17-24-13-15-28-16-14-24/h3-8,19H,9-17H2,1-2H3. The minimum Gasteiger partial charge on any atom is -0.379 e. The molecule has 2 aliphatic rings. The van der Waals surface area contributed by atoms with Gasteiger partial charge in [-0.3, -0.25) is 14.5 Å². The summed E-state index contributed by atoms with van der Waals surface area (Å²) in [4.78, 5) is 30.2. The van der Waals surface area contributed by atoms with Crippen LogP contribution < -0.4 is 0 Å². The van der Waals surface area contributed by atoms with Crippen LogP contribution in [0.2, 0.25) is 0 Å². The van der Waals surface area contributed by atoms with Crippen LogP contribution in [0.25, 0.3) is 6.08 Å². The lowest BCUT2D eigenvalue weighted by molar-refractivity contribution is -0.134. The Morgan fingerprint density at radius 3 is 2.32 bits per heavy atom. The lowest BCUT2D eigenvalue weighted by Crippen LogP contribution is -2.46. The summed E-state index contributed by atoms with van der Waals surface area (Å²) in [6.45, 7) is 5.33. The van der Waals surface area contributed by atoms with Gasteiger partial charge in [0, 0.05) is 45.8 Å². The van der Waals surface area contributed by atoms with E-state index in [1.807, 2.05) is 29.2 Å². The van der Waals surface area contributed by atoms with E-state index in [9.17, 15) is 9.59 Å². The molecule has 0 atom stereocenters. The largest absolute Gasteiger partial charge is 0.379 e. The third-order valence-corrected chi connectivity index (χ3v) is 5.48. The molecule has 0 aliphatic carbocycles. The molecule has 2 aliphatic heterocycles. The molecular formula is C22H31N3O3. The van der Waals surface area contributed by atoms with E-state index in [1.54, 1.807) is 19.0 Å². The maximum Gasteiger partial charge on any atom is 0.253 e. The summed E-state index contributed by atoms with van der Waals surface area (Å²) in [7, 11) is 3.52. The van der Waals surface area contributed by atoms with E-state index in [2.05, 4.69) is 17.1 Å². The van der Waals surface area contributed by atoms with Gasteiger partial charge in [-0.1, -0.05) is 24.3 Å². The second-order valence-electron chi connectivity index (χ2n) is 7.79. The first kappa shape index (κ1) is 20.6. The second kappa shape index (κ2) is 9.85. The molecule has 0 unspecified atom stereocenters. The maximum absolute atomic E-state index is 12.5. The highest BCUT2D eigenvalue weighted by Gasteiger charge is 2.23. The van der Waals surface area contributed by atoms with Gasteiger partial charge in [-0.2, -0.15) is 0 Å². The van der Waals surface area contributed by atoms with Crippen LogP contribution in [0.4, 0.5) is 0 Å². The Kier molecular flexibility index (Phi) is 7.23.